The number of nitriles is 1. The van der Waals surface area contributed by atoms with Gasteiger partial charge in [-0.1, -0.05) is 0 Å². The second-order valence-corrected chi connectivity index (χ2v) is 4.99. The van der Waals surface area contributed by atoms with Gasteiger partial charge in [-0.25, -0.2) is 4.99 Å². The smallest absolute Gasteiger partial charge is 0.220 e. The minimum atomic E-state index is -0.197. The highest BCUT2D eigenvalue weighted by Gasteiger charge is 2.26. The molecule has 1 unspecified atom stereocenters. The molecule has 1 atom stereocenters. The second kappa shape index (κ2) is 5.21. The zero-order valence-corrected chi connectivity index (χ0v) is 10.6. The third kappa shape index (κ3) is 2.53. The van der Waals surface area contributed by atoms with Crippen LogP contribution in [0.4, 0.5) is 0 Å². The molecule has 0 saturated carbocycles. The predicted molar refractivity (Wildman–Crippen MR) is 68.4 cm³/mol. The second-order valence-electron chi connectivity index (χ2n) is 4.99. The Balaban J connectivity index is 2.01. The molecule has 0 bridgehead atoms. The molecule has 2 N–H and O–H groups in total. The highest BCUT2D eigenvalue weighted by molar-refractivity contribution is 5.76. The van der Waals surface area contributed by atoms with E-state index in [4.69, 9.17) is 11.0 Å². The molecular weight excluding hydrogens is 228 g/mol. The summed E-state index contributed by atoms with van der Waals surface area (Å²) < 4.78 is 0. The van der Waals surface area contributed by atoms with Gasteiger partial charge >= 0.3 is 0 Å². The monoisotopic (exact) mass is 246 g/mol. The lowest BCUT2D eigenvalue weighted by Gasteiger charge is -2.34. The number of allylic oxidation sites excluding steroid dienone is 1. The first-order valence-corrected chi connectivity index (χ1v) is 6.29. The summed E-state index contributed by atoms with van der Waals surface area (Å²) in [4.78, 5) is 17.7. The van der Waals surface area contributed by atoms with Gasteiger partial charge in [0, 0.05) is 25.2 Å². The Kier molecular flexibility index (Phi) is 3.66. The maximum atomic E-state index is 11.1. The van der Waals surface area contributed by atoms with E-state index in [1.165, 1.54) is 0 Å². The summed E-state index contributed by atoms with van der Waals surface area (Å²) in [5, 5.41) is 8.87. The summed E-state index contributed by atoms with van der Waals surface area (Å²) >= 11 is 0. The molecule has 0 spiro atoms. The molecule has 96 valence electrons. The first-order chi connectivity index (χ1) is 8.61. The fourth-order valence-electron chi connectivity index (χ4n) is 2.55. The van der Waals surface area contributed by atoms with Crippen molar-refractivity contribution in [3.8, 4) is 6.07 Å². The van der Waals surface area contributed by atoms with Crippen LogP contribution in [0.1, 0.15) is 26.2 Å². The lowest BCUT2D eigenvalue weighted by atomic mass is 9.95. The van der Waals surface area contributed by atoms with Gasteiger partial charge in [-0.05, 0) is 31.8 Å². The van der Waals surface area contributed by atoms with Crippen molar-refractivity contribution in [3.63, 3.8) is 0 Å². The van der Waals surface area contributed by atoms with E-state index in [1.54, 1.807) is 6.21 Å². The highest BCUT2D eigenvalue weighted by atomic mass is 16.1. The third-order valence-corrected chi connectivity index (χ3v) is 3.65. The quantitative estimate of drug-likeness (QED) is 0.790. The Morgan fingerprint density at radius 1 is 1.56 bits per heavy atom. The summed E-state index contributed by atoms with van der Waals surface area (Å²) in [6.07, 6.45) is 4.07. The maximum absolute atomic E-state index is 11.1. The molecule has 18 heavy (non-hydrogen) atoms. The van der Waals surface area contributed by atoms with Crippen LogP contribution in [0.3, 0.4) is 0 Å². The van der Waals surface area contributed by atoms with E-state index in [0.717, 1.165) is 43.7 Å². The van der Waals surface area contributed by atoms with Crippen LogP contribution in [-0.2, 0) is 4.79 Å². The van der Waals surface area contributed by atoms with Gasteiger partial charge in [0.1, 0.15) is 5.82 Å². The zero-order chi connectivity index (χ0) is 13.1. The molecule has 0 aliphatic carbocycles. The van der Waals surface area contributed by atoms with Crippen molar-refractivity contribution in [2.45, 2.75) is 26.2 Å². The van der Waals surface area contributed by atoms with Gasteiger partial charge in [-0.2, -0.15) is 5.26 Å². The van der Waals surface area contributed by atoms with Crippen LogP contribution in [-0.4, -0.2) is 30.1 Å². The van der Waals surface area contributed by atoms with Crippen LogP contribution in [0.5, 0.6) is 0 Å². The highest BCUT2D eigenvalue weighted by Crippen LogP contribution is 2.27. The number of rotatable bonds is 2. The van der Waals surface area contributed by atoms with Crippen molar-refractivity contribution in [1.29, 1.82) is 5.26 Å². The average Bonchev–Trinajstić information content (AvgIpc) is 2.38. The van der Waals surface area contributed by atoms with Gasteiger partial charge < -0.3 is 10.6 Å². The van der Waals surface area contributed by atoms with Crippen LogP contribution in [0.15, 0.2) is 16.4 Å². The van der Waals surface area contributed by atoms with Crippen LogP contribution in [0.25, 0.3) is 0 Å². The standard InChI is InChI=1S/C13H18N4O/c1-9-6-10(7-14)8-16-13(9)17-4-2-11(3-5-17)12(15)18/h8,10-11H,2-6H2,1H3,(H2,15,18). The first-order valence-electron chi connectivity index (χ1n) is 6.29. The number of hydrogen-bond acceptors (Lipinski definition) is 4. The summed E-state index contributed by atoms with van der Waals surface area (Å²) in [6.45, 7) is 3.65. The molecule has 1 fully saturated rings. The Morgan fingerprint density at radius 3 is 2.72 bits per heavy atom. The molecule has 0 aromatic rings. The predicted octanol–water partition coefficient (Wildman–Crippen LogP) is 1.03. The van der Waals surface area contributed by atoms with Gasteiger partial charge in [0.05, 0.1) is 12.0 Å². The SMILES string of the molecule is CC1=C(N2CCC(C(N)=O)CC2)N=CC(C#N)C1. The summed E-state index contributed by atoms with van der Waals surface area (Å²) in [6, 6.07) is 2.22. The van der Waals surface area contributed by atoms with Crippen molar-refractivity contribution in [2.75, 3.05) is 13.1 Å². The van der Waals surface area contributed by atoms with Gasteiger partial charge in [-0.15, -0.1) is 0 Å². The van der Waals surface area contributed by atoms with Crippen LogP contribution < -0.4 is 5.73 Å². The number of likely N-dealkylation sites (tertiary alicyclic amines) is 1. The molecule has 5 nitrogen and oxygen atoms in total. The van der Waals surface area contributed by atoms with E-state index in [0.29, 0.717) is 0 Å². The molecule has 0 aromatic heterocycles. The van der Waals surface area contributed by atoms with Crippen molar-refractivity contribution < 1.29 is 4.79 Å². The number of nitrogens with zero attached hydrogens (tertiary/aromatic N) is 3. The molecule has 0 radical (unpaired) electrons. The lowest BCUT2D eigenvalue weighted by Crippen LogP contribution is -2.38. The average molecular weight is 246 g/mol. The maximum Gasteiger partial charge on any atom is 0.220 e. The van der Waals surface area contributed by atoms with Crippen LogP contribution in [0, 0.1) is 23.2 Å². The fourth-order valence-corrected chi connectivity index (χ4v) is 2.55. The minimum absolute atomic E-state index is 0.00147. The van der Waals surface area contributed by atoms with E-state index in [2.05, 4.69) is 16.0 Å². The number of primary amides is 1. The lowest BCUT2D eigenvalue weighted by molar-refractivity contribution is -0.123. The first kappa shape index (κ1) is 12.6. The summed E-state index contributed by atoms with van der Waals surface area (Å²) in [5.74, 6) is 0.681. The number of hydrogen-bond donors (Lipinski definition) is 1. The molecule has 1 saturated heterocycles. The van der Waals surface area contributed by atoms with Crippen LogP contribution in [0.2, 0.25) is 0 Å². The van der Waals surface area contributed by atoms with Gasteiger partial charge in [0.2, 0.25) is 5.91 Å². The zero-order valence-electron chi connectivity index (χ0n) is 10.6. The summed E-state index contributed by atoms with van der Waals surface area (Å²) in [5.41, 5.74) is 6.47. The molecule has 0 aromatic carbocycles. The number of nitrogens with two attached hydrogens (primary N) is 1. The molecule has 1 amide bonds. The molecular formula is C13H18N4O. The Labute approximate surface area is 107 Å². The van der Waals surface area contributed by atoms with Gasteiger partial charge in [-0.3, -0.25) is 4.79 Å². The Morgan fingerprint density at radius 2 is 2.22 bits per heavy atom. The number of amides is 1. The van der Waals surface area contributed by atoms with E-state index < -0.39 is 0 Å². The number of aliphatic imine (C=N–C) groups is 1. The van der Waals surface area contributed by atoms with Crippen LogP contribution >= 0.6 is 0 Å². The van der Waals surface area contributed by atoms with E-state index in [1.807, 2.05) is 6.92 Å². The largest absolute Gasteiger partial charge is 0.369 e. The molecule has 2 rings (SSSR count). The van der Waals surface area contributed by atoms with Crippen molar-refractivity contribution in [2.24, 2.45) is 22.6 Å². The third-order valence-electron chi connectivity index (χ3n) is 3.65. The number of piperidine rings is 1. The minimum Gasteiger partial charge on any atom is -0.369 e. The molecule has 2 aliphatic heterocycles. The number of carbonyl (C=O) groups excluding carboxylic acids is 1. The topological polar surface area (TPSA) is 82.5 Å². The van der Waals surface area contributed by atoms with Crippen molar-refractivity contribution in [1.82, 2.24) is 4.90 Å². The van der Waals surface area contributed by atoms with Gasteiger partial charge in [0.15, 0.2) is 0 Å². The van der Waals surface area contributed by atoms with E-state index >= 15 is 0 Å². The van der Waals surface area contributed by atoms with Crippen molar-refractivity contribution in [3.05, 3.63) is 11.4 Å². The van der Waals surface area contributed by atoms with E-state index in [9.17, 15) is 4.79 Å². The molecule has 2 heterocycles. The normalized spacial score (nSPS) is 25.1. The number of carbonyl (C=O) groups is 1. The Hall–Kier alpha value is -1.83. The summed E-state index contributed by atoms with van der Waals surface area (Å²) in [7, 11) is 0. The van der Waals surface area contributed by atoms with E-state index in [-0.39, 0.29) is 17.7 Å². The fraction of sp³-hybridized carbons (Fsp3) is 0.615. The van der Waals surface area contributed by atoms with Gasteiger partial charge in [0.25, 0.3) is 0 Å². The molecule has 2 aliphatic rings. The van der Waals surface area contributed by atoms with Crippen molar-refractivity contribution >= 4 is 12.1 Å². The Bertz CT molecular complexity index is 438. The molecule has 5 heteroatoms.